The molecule has 0 spiro atoms. The molecule has 9 nitrogen and oxygen atoms in total. The van der Waals surface area contributed by atoms with Crippen LogP contribution in [-0.2, 0) is 27.3 Å². The smallest absolute Gasteiger partial charge is 0.339 e. The quantitative estimate of drug-likeness (QED) is 0.0695. The lowest BCUT2D eigenvalue weighted by atomic mass is 9.96. The molecule has 4 aromatic carbocycles. The minimum absolute atomic E-state index is 0.00388. The molecule has 1 unspecified atom stereocenters. The number of nitro groups is 1. The molecule has 0 saturated heterocycles. The van der Waals surface area contributed by atoms with Gasteiger partial charge in [-0.25, -0.2) is 9.18 Å². The average molecular weight is 598 g/mol. The highest BCUT2D eigenvalue weighted by atomic mass is 19.1. The van der Waals surface area contributed by atoms with Gasteiger partial charge in [-0.1, -0.05) is 23.4 Å². The van der Waals surface area contributed by atoms with Crippen molar-refractivity contribution < 1.29 is 28.4 Å². The molecular weight excluding hydrogens is 565 g/mol. The minimum atomic E-state index is -0.612. The van der Waals surface area contributed by atoms with E-state index in [1.807, 2.05) is 57.2 Å². The summed E-state index contributed by atoms with van der Waals surface area (Å²) in [7, 11) is 1.61. The Morgan fingerprint density at radius 2 is 1.70 bits per heavy atom. The van der Waals surface area contributed by atoms with E-state index in [0.29, 0.717) is 41.3 Å². The number of hydrogen-bond acceptors (Lipinski definition) is 7. The molecule has 0 fully saturated rings. The Labute approximate surface area is 253 Å². The van der Waals surface area contributed by atoms with Crippen LogP contribution in [0, 0.1) is 22.9 Å². The number of carbonyl (C=O) groups excluding carboxylic acids is 1. The zero-order chi connectivity index (χ0) is 31.4. The molecule has 0 saturated carbocycles. The molecule has 0 N–H and O–H groups in total. The lowest BCUT2D eigenvalue weighted by Crippen LogP contribution is -2.18. The first-order valence-corrected chi connectivity index (χ1v) is 14.2. The summed E-state index contributed by atoms with van der Waals surface area (Å²) in [5.41, 5.74) is 4.95. The van der Waals surface area contributed by atoms with Crippen molar-refractivity contribution >= 4 is 39.2 Å². The number of aryl methyl sites for hydroxylation is 2. The maximum atomic E-state index is 13.3. The second-order valence-corrected chi connectivity index (χ2v) is 10.5. The van der Waals surface area contributed by atoms with Gasteiger partial charge in [0.1, 0.15) is 23.4 Å². The Bertz CT molecular complexity index is 1880. The molecule has 5 aromatic rings. The third kappa shape index (κ3) is 6.45. The zero-order valence-electron chi connectivity index (χ0n) is 24.9. The van der Waals surface area contributed by atoms with Crippen LogP contribution < -0.4 is 4.74 Å². The Hall–Kier alpha value is -5.09. The van der Waals surface area contributed by atoms with Crippen molar-refractivity contribution in [1.29, 1.82) is 0 Å². The fraction of sp³-hybridized carbons (Fsp3) is 0.235. The van der Waals surface area contributed by atoms with Gasteiger partial charge >= 0.3 is 5.97 Å². The molecule has 44 heavy (non-hydrogen) atoms. The number of halogens is 1. The summed E-state index contributed by atoms with van der Waals surface area (Å²) in [4.78, 5) is 29.4. The number of fused-ring (bicyclic) bond motifs is 3. The van der Waals surface area contributed by atoms with Crippen molar-refractivity contribution in [1.82, 2.24) is 4.57 Å². The molecule has 1 aromatic heterocycles. The largest absolute Gasteiger partial charge is 0.488 e. The molecule has 1 heterocycles. The number of nitro benzene ring substituents is 1. The fourth-order valence-electron chi connectivity index (χ4n) is 5.32. The molecule has 226 valence electrons. The number of nitrogens with zero attached hydrogens (tertiary/aromatic N) is 3. The van der Waals surface area contributed by atoms with E-state index in [-0.39, 0.29) is 18.2 Å². The normalized spacial score (nSPS) is 12.4. The van der Waals surface area contributed by atoms with Crippen molar-refractivity contribution in [2.24, 2.45) is 5.16 Å². The number of rotatable bonds is 11. The highest BCUT2D eigenvalue weighted by Gasteiger charge is 2.19. The lowest BCUT2D eigenvalue weighted by Gasteiger charge is -2.16. The molecule has 0 aliphatic heterocycles. The topological polar surface area (TPSA) is 105 Å². The van der Waals surface area contributed by atoms with Gasteiger partial charge in [-0.2, -0.15) is 0 Å². The maximum Gasteiger partial charge on any atom is 0.339 e. The number of non-ortho nitro benzene ring substituents is 1. The van der Waals surface area contributed by atoms with Crippen LogP contribution in [0.3, 0.4) is 0 Å². The van der Waals surface area contributed by atoms with Gasteiger partial charge in [-0.3, -0.25) is 10.1 Å². The van der Waals surface area contributed by atoms with Crippen LogP contribution in [0.1, 0.15) is 36.1 Å². The molecule has 0 aliphatic rings. The van der Waals surface area contributed by atoms with Gasteiger partial charge in [0.05, 0.1) is 18.0 Å². The number of hydrogen-bond donors (Lipinski definition) is 0. The van der Waals surface area contributed by atoms with Gasteiger partial charge < -0.3 is 18.9 Å². The summed E-state index contributed by atoms with van der Waals surface area (Å²) in [6, 6.07) is 21.7. The first-order chi connectivity index (χ1) is 21.2. The highest BCUT2D eigenvalue weighted by Crippen LogP contribution is 2.33. The Balaban J connectivity index is 1.59. The monoisotopic (exact) mass is 597 g/mol. The highest BCUT2D eigenvalue weighted by molar-refractivity contribution is 6.17. The van der Waals surface area contributed by atoms with Crippen molar-refractivity contribution in [2.75, 3.05) is 13.7 Å². The van der Waals surface area contributed by atoms with Crippen LogP contribution >= 0.6 is 0 Å². The van der Waals surface area contributed by atoms with Crippen LogP contribution in [0.2, 0.25) is 0 Å². The number of ether oxygens (including phenoxy) is 2. The standard InChI is InChI=1S/C34H32FN3O6/c1-5-37-31-14-8-24(18-29(31)30-19-26(38(40)41)11-15-32(30)37)34(36-44-33(39)17-23-6-9-25(35)10-7-23)28-13-12-27(16-21(28)2)43-22(3)20-42-4/h6-16,18-19,22H,5,17,20H2,1-4H3/b36-34-. The molecule has 10 heteroatoms. The summed E-state index contributed by atoms with van der Waals surface area (Å²) >= 11 is 0. The third-order valence-electron chi connectivity index (χ3n) is 7.34. The van der Waals surface area contributed by atoms with Gasteiger partial charge in [0.25, 0.3) is 5.69 Å². The first-order valence-electron chi connectivity index (χ1n) is 14.2. The van der Waals surface area contributed by atoms with Crippen molar-refractivity contribution in [2.45, 2.75) is 39.8 Å². The van der Waals surface area contributed by atoms with Crippen LogP contribution in [0.4, 0.5) is 10.1 Å². The van der Waals surface area contributed by atoms with Gasteiger partial charge in [0.15, 0.2) is 0 Å². The molecule has 0 bridgehead atoms. The second-order valence-electron chi connectivity index (χ2n) is 10.5. The van der Waals surface area contributed by atoms with Crippen LogP contribution in [0.5, 0.6) is 5.75 Å². The van der Waals surface area contributed by atoms with Gasteiger partial charge in [-0.05, 0) is 80.4 Å². The summed E-state index contributed by atoms with van der Waals surface area (Å²) < 4.78 is 26.6. The van der Waals surface area contributed by atoms with Crippen molar-refractivity contribution in [3.63, 3.8) is 0 Å². The van der Waals surface area contributed by atoms with Gasteiger partial charge in [0.2, 0.25) is 0 Å². The second kappa shape index (κ2) is 13.0. The lowest BCUT2D eigenvalue weighted by molar-refractivity contribution is -0.384. The van der Waals surface area contributed by atoms with E-state index in [0.717, 1.165) is 27.4 Å². The number of methoxy groups -OCH3 is 1. The minimum Gasteiger partial charge on any atom is -0.488 e. The Morgan fingerprint density at radius 3 is 2.36 bits per heavy atom. The van der Waals surface area contributed by atoms with E-state index in [2.05, 4.69) is 9.72 Å². The molecule has 5 rings (SSSR count). The zero-order valence-corrected chi connectivity index (χ0v) is 24.9. The van der Waals surface area contributed by atoms with E-state index >= 15 is 0 Å². The predicted molar refractivity (Wildman–Crippen MR) is 167 cm³/mol. The van der Waals surface area contributed by atoms with E-state index < -0.39 is 16.7 Å². The number of oxime groups is 1. The average Bonchev–Trinajstić information content (AvgIpc) is 3.31. The molecule has 0 aliphatic carbocycles. The van der Waals surface area contributed by atoms with Crippen molar-refractivity contribution in [3.05, 3.63) is 117 Å². The van der Waals surface area contributed by atoms with E-state index in [9.17, 15) is 19.3 Å². The summed E-state index contributed by atoms with van der Waals surface area (Å²) in [6.45, 7) is 6.93. The summed E-state index contributed by atoms with van der Waals surface area (Å²) in [6.07, 6.45) is -0.249. The molecule has 0 amide bonds. The van der Waals surface area contributed by atoms with E-state index in [4.69, 9.17) is 14.3 Å². The molecular formula is C34H32FN3O6. The van der Waals surface area contributed by atoms with Gasteiger partial charge in [-0.15, -0.1) is 0 Å². The maximum absolute atomic E-state index is 13.3. The van der Waals surface area contributed by atoms with Crippen LogP contribution in [0.15, 0.2) is 84.0 Å². The fourth-order valence-corrected chi connectivity index (χ4v) is 5.32. The Kier molecular flexibility index (Phi) is 9.01. The number of carbonyl (C=O) groups is 1. The first kappa shape index (κ1) is 30.4. The molecule has 1 atom stereocenters. The third-order valence-corrected chi connectivity index (χ3v) is 7.34. The van der Waals surface area contributed by atoms with E-state index in [1.54, 1.807) is 19.2 Å². The molecule has 0 radical (unpaired) electrons. The van der Waals surface area contributed by atoms with Crippen LogP contribution in [-0.4, -0.2) is 41.0 Å². The van der Waals surface area contributed by atoms with Gasteiger partial charge in [0, 0.05) is 58.7 Å². The SMILES string of the molecule is CCn1c2ccc(/C(=N/OC(=O)Cc3ccc(F)cc3)c3ccc(OC(C)COC)cc3C)cc2c2cc([N+](=O)[O-])ccc21. The Morgan fingerprint density at radius 1 is 1.00 bits per heavy atom. The summed E-state index contributed by atoms with van der Waals surface area (Å²) in [5, 5.41) is 17.5. The van der Waals surface area contributed by atoms with Crippen molar-refractivity contribution in [3.8, 4) is 5.75 Å². The predicted octanol–water partition coefficient (Wildman–Crippen LogP) is 7.12. The van der Waals surface area contributed by atoms with Crippen LogP contribution in [0.25, 0.3) is 21.8 Å². The number of aromatic nitrogens is 1. The van der Waals surface area contributed by atoms with E-state index in [1.165, 1.54) is 30.3 Å². The summed E-state index contributed by atoms with van der Waals surface area (Å²) in [5.74, 6) is -0.358. The number of benzene rings is 4.